The van der Waals surface area contributed by atoms with Gasteiger partial charge in [-0.15, -0.1) is 0 Å². The van der Waals surface area contributed by atoms with Gasteiger partial charge >= 0.3 is 0 Å². The van der Waals surface area contributed by atoms with E-state index in [0.717, 1.165) is 19.4 Å². The number of carbonyl (C=O) groups is 2. The zero-order valence-electron chi connectivity index (χ0n) is 15.4. The van der Waals surface area contributed by atoms with E-state index in [9.17, 15) is 14.7 Å². The van der Waals surface area contributed by atoms with Gasteiger partial charge in [-0.3, -0.25) is 24.3 Å². The van der Waals surface area contributed by atoms with Crippen LogP contribution < -0.4 is 0 Å². The molecule has 2 unspecified atom stereocenters. The molecule has 1 N–H and O–H groups in total. The van der Waals surface area contributed by atoms with Crippen molar-refractivity contribution in [1.82, 2.24) is 14.7 Å². The van der Waals surface area contributed by atoms with Gasteiger partial charge < -0.3 is 5.11 Å². The quantitative estimate of drug-likeness (QED) is 0.765. The molecule has 3 aliphatic rings. The number of hydrogen-bond donors (Lipinski definition) is 1. The number of piperazine rings is 1. The van der Waals surface area contributed by atoms with Gasteiger partial charge in [-0.2, -0.15) is 0 Å². The summed E-state index contributed by atoms with van der Waals surface area (Å²) in [5.74, 6) is -0.152. The number of likely N-dealkylation sites (tertiary alicyclic amines) is 1. The van der Waals surface area contributed by atoms with Crippen molar-refractivity contribution in [3.8, 4) is 0 Å². The average molecular weight is 337 g/mol. The summed E-state index contributed by atoms with van der Waals surface area (Å²) in [6.07, 6.45) is 1.74. The maximum absolute atomic E-state index is 13.2. The fourth-order valence-corrected chi connectivity index (χ4v) is 4.50. The highest BCUT2D eigenvalue weighted by molar-refractivity contribution is 6.06. The molecule has 0 saturated carbocycles. The third kappa shape index (κ3) is 2.89. The van der Waals surface area contributed by atoms with Crippen molar-refractivity contribution in [2.45, 2.75) is 64.6 Å². The average Bonchev–Trinajstić information content (AvgIpc) is 2.82. The number of hydrogen-bond acceptors (Lipinski definition) is 5. The van der Waals surface area contributed by atoms with Crippen molar-refractivity contribution in [1.29, 1.82) is 0 Å². The van der Waals surface area contributed by atoms with Crippen LogP contribution in [0.2, 0.25) is 0 Å². The predicted octanol–water partition coefficient (Wildman–Crippen LogP) is 0.691. The lowest BCUT2D eigenvalue weighted by Crippen LogP contribution is -2.81. The first-order valence-corrected chi connectivity index (χ1v) is 9.21. The molecule has 0 aromatic heterocycles. The van der Waals surface area contributed by atoms with Crippen molar-refractivity contribution >= 4 is 11.8 Å². The van der Waals surface area contributed by atoms with Gasteiger partial charge in [0.1, 0.15) is 5.54 Å². The maximum atomic E-state index is 13.2. The van der Waals surface area contributed by atoms with E-state index in [-0.39, 0.29) is 23.3 Å². The lowest BCUT2D eigenvalue weighted by atomic mass is 9.80. The molecule has 3 fully saturated rings. The lowest BCUT2D eigenvalue weighted by Gasteiger charge is -2.59. The zero-order valence-corrected chi connectivity index (χ0v) is 15.4. The van der Waals surface area contributed by atoms with Crippen molar-refractivity contribution in [2.24, 2.45) is 5.41 Å². The van der Waals surface area contributed by atoms with Gasteiger partial charge in [-0.25, -0.2) is 0 Å². The molecular formula is C18H31N3O3. The number of unbranched alkanes of at least 4 members (excludes halogenated alkanes) is 1. The largest absolute Gasteiger partial charge is 0.392 e. The minimum Gasteiger partial charge on any atom is -0.392 e. The monoisotopic (exact) mass is 337 g/mol. The number of aliphatic hydroxyl groups excluding tert-OH is 1. The summed E-state index contributed by atoms with van der Waals surface area (Å²) in [5.41, 5.74) is -0.421. The van der Waals surface area contributed by atoms with Crippen molar-refractivity contribution < 1.29 is 14.7 Å². The van der Waals surface area contributed by atoms with Crippen molar-refractivity contribution in [3.05, 3.63) is 0 Å². The van der Waals surface area contributed by atoms with Gasteiger partial charge in [0.25, 0.3) is 5.91 Å². The molecule has 3 saturated heterocycles. The summed E-state index contributed by atoms with van der Waals surface area (Å²) >= 11 is 0. The standard InChI is InChI=1S/C18H31N3O3/c1-5-6-7-20-15(23)14-8-13(22)9-21(14)18(16(20)24)11-19(12-18)10-17(2,3)4/h13-14,22H,5-12H2,1-4H3. The molecule has 0 radical (unpaired) electrons. The Kier molecular flexibility index (Phi) is 4.51. The van der Waals surface area contributed by atoms with Crippen LogP contribution in [0.5, 0.6) is 0 Å². The topological polar surface area (TPSA) is 64.1 Å². The Bertz CT molecular complexity index is 522. The van der Waals surface area contributed by atoms with E-state index in [2.05, 4.69) is 32.6 Å². The fourth-order valence-electron chi connectivity index (χ4n) is 4.50. The van der Waals surface area contributed by atoms with Gasteiger partial charge in [-0.1, -0.05) is 34.1 Å². The Morgan fingerprint density at radius 1 is 1.25 bits per heavy atom. The van der Waals surface area contributed by atoms with Gasteiger partial charge in [-0.05, 0) is 18.3 Å². The number of fused-ring (bicyclic) bond motifs is 2. The van der Waals surface area contributed by atoms with E-state index in [1.807, 2.05) is 4.90 Å². The summed E-state index contributed by atoms with van der Waals surface area (Å²) in [6.45, 7) is 11.9. The molecule has 0 aliphatic carbocycles. The van der Waals surface area contributed by atoms with Gasteiger partial charge in [0, 0.05) is 32.7 Å². The molecule has 136 valence electrons. The molecule has 3 heterocycles. The molecule has 6 nitrogen and oxygen atoms in total. The Morgan fingerprint density at radius 3 is 2.50 bits per heavy atom. The highest BCUT2D eigenvalue weighted by atomic mass is 16.3. The molecular weight excluding hydrogens is 306 g/mol. The SMILES string of the molecule is CCCCN1C(=O)C2CC(O)CN2C2(CN(CC(C)(C)C)C2)C1=O. The first-order valence-electron chi connectivity index (χ1n) is 9.21. The van der Waals surface area contributed by atoms with Crippen LogP contribution >= 0.6 is 0 Å². The molecule has 0 aromatic carbocycles. The number of β-amino-alcohol motifs (C(OH)–C–C–N with tert-alkyl or cyclic N) is 1. The highest BCUT2D eigenvalue weighted by Gasteiger charge is 2.64. The second-order valence-electron chi connectivity index (χ2n) is 8.94. The maximum Gasteiger partial charge on any atom is 0.252 e. The molecule has 6 heteroatoms. The van der Waals surface area contributed by atoms with Gasteiger partial charge in [0.05, 0.1) is 12.1 Å². The summed E-state index contributed by atoms with van der Waals surface area (Å²) in [5, 5.41) is 10.1. The molecule has 2 amide bonds. The van der Waals surface area contributed by atoms with Gasteiger partial charge in [0.15, 0.2) is 0 Å². The predicted molar refractivity (Wildman–Crippen MR) is 91.4 cm³/mol. The minimum absolute atomic E-state index is 0.0449. The Balaban J connectivity index is 1.81. The smallest absolute Gasteiger partial charge is 0.252 e. The Labute approximate surface area is 144 Å². The zero-order chi connectivity index (χ0) is 17.7. The van der Waals surface area contributed by atoms with Crippen LogP contribution in [0.3, 0.4) is 0 Å². The first kappa shape index (κ1) is 17.8. The molecule has 3 aliphatic heterocycles. The minimum atomic E-state index is -0.602. The summed E-state index contributed by atoms with van der Waals surface area (Å²) < 4.78 is 0. The number of imide groups is 1. The fraction of sp³-hybridized carbons (Fsp3) is 0.889. The van der Waals surface area contributed by atoms with E-state index >= 15 is 0 Å². The molecule has 2 atom stereocenters. The number of amides is 2. The van der Waals surface area contributed by atoms with E-state index in [1.54, 1.807) is 0 Å². The van der Waals surface area contributed by atoms with Crippen LogP contribution in [-0.4, -0.2) is 82.0 Å². The van der Waals surface area contributed by atoms with Crippen LogP contribution in [-0.2, 0) is 9.59 Å². The normalized spacial score (nSPS) is 30.8. The molecule has 1 spiro atoms. The highest BCUT2D eigenvalue weighted by Crippen LogP contribution is 2.41. The molecule has 3 rings (SSSR count). The van der Waals surface area contributed by atoms with Crippen LogP contribution in [0.4, 0.5) is 0 Å². The second kappa shape index (κ2) is 6.07. The summed E-state index contributed by atoms with van der Waals surface area (Å²) in [6, 6.07) is -0.327. The van der Waals surface area contributed by atoms with Crippen LogP contribution in [0.25, 0.3) is 0 Å². The van der Waals surface area contributed by atoms with E-state index in [0.29, 0.717) is 32.6 Å². The van der Waals surface area contributed by atoms with Crippen LogP contribution in [0.1, 0.15) is 47.0 Å². The Morgan fingerprint density at radius 2 is 1.92 bits per heavy atom. The van der Waals surface area contributed by atoms with Crippen LogP contribution in [0, 0.1) is 5.41 Å². The summed E-state index contributed by atoms with van der Waals surface area (Å²) in [7, 11) is 0. The molecule has 0 aromatic rings. The third-order valence-corrected chi connectivity index (χ3v) is 5.43. The van der Waals surface area contributed by atoms with Gasteiger partial charge in [0.2, 0.25) is 5.91 Å². The lowest BCUT2D eigenvalue weighted by molar-refractivity contribution is -0.181. The number of carbonyl (C=O) groups excluding carboxylic acids is 2. The number of aliphatic hydroxyl groups is 1. The van der Waals surface area contributed by atoms with Crippen LogP contribution in [0.15, 0.2) is 0 Å². The first-order chi connectivity index (χ1) is 11.2. The van der Waals surface area contributed by atoms with Crippen molar-refractivity contribution in [2.75, 3.05) is 32.7 Å². The number of nitrogens with zero attached hydrogens (tertiary/aromatic N) is 3. The van der Waals surface area contributed by atoms with E-state index in [1.165, 1.54) is 4.90 Å². The molecule has 0 bridgehead atoms. The molecule has 24 heavy (non-hydrogen) atoms. The Hall–Kier alpha value is -0.980. The number of rotatable bonds is 4. The van der Waals surface area contributed by atoms with E-state index in [4.69, 9.17) is 0 Å². The summed E-state index contributed by atoms with van der Waals surface area (Å²) in [4.78, 5) is 31.7. The van der Waals surface area contributed by atoms with E-state index < -0.39 is 11.6 Å². The third-order valence-electron chi connectivity index (χ3n) is 5.43. The van der Waals surface area contributed by atoms with Crippen molar-refractivity contribution in [3.63, 3.8) is 0 Å². The second-order valence-corrected chi connectivity index (χ2v) is 8.94.